The van der Waals surface area contributed by atoms with Gasteiger partial charge in [0.15, 0.2) is 5.78 Å². The van der Waals surface area contributed by atoms with Gasteiger partial charge in [-0.15, -0.1) is 6.07 Å². The summed E-state index contributed by atoms with van der Waals surface area (Å²) in [5.74, 6) is -0.00900. The van der Waals surface area contributed by atoms with Crippen molar-refractivity contribution in [1.29, 1.82) is 0 Å². The fraction of sp³-hybridized carbons (Fsp3) is 0.0588. The van der Waals surface area contributed by atoms with Crippen molar-refractivity contribution in [2.45, 2.75) is 6.92 Å². The maximum Gasteiger partial charge on any atom is 0.196 e. The molecule has 3 aromatic rings. The first kappa shape index (κ1) is 15.4. The van der Waals surface area contributed by atoms with Gasteiger partial charge < -0.3 is 0 Å². The van der Waals surface area contributed by atoms with Gasteiger partial charge in [-0.2, -0.15) is 29.4 Å². The van der Waals surface area contributed by atoms with Gasteiger partial charge in [-0.25, -0.2) is 0 Å². The normalized spacial score (nSPS) is 9.95. The van der Waals surface area contributed by atoms with Gasteiger partial charge in [0.2, 0.25) is 0 Å². The molecule has 0 atom stereocenters. The predicted octanol–water partition coefficient (Wildman–Crippen LogP) is 3.21. The van der Waals surface area contributed by atoms with E-state index in [2.05, 4.69) is 11.2 Å². The third-order valence-electron chi connectivity index (χ3n) is 3.21. The van der Waals surface area contributed by atoms with Gasteiger partial charge in [-0.3, -0.25) is 9.48 Å². The van der Waals surface area contributed by atoms with Crippen LogP contribution in [-0.2, 0) is 21.1 Å². The molecule has 2 aromatic carbocycles. The molecule has 3 nitrogen and oxygen atoms in total. The Hall–Kier alpha value is -1.99. The van der Waals surface area contributed by atoms with E-state index < -0.39 is 0 Å². The van der Waals surface area contributed by atoms with E-state index in [-0.39, 0.29) is 26.8 Å². The summed E-state index contributed by atoms with van der Waals surface area (Å²) in [6.07, 6.45) is 1.62. The number of nitrogens with zero attached hydrogens (tertiary/aromatic N) is 2. The van der Waals surface area contributed by atoms with Crippen LogP contribution in [0.2, 0.25) is 0 Å². The smallest absolute Gasteiger partial charge is 0.196 e. The Kier molecular flexibility index (Phi) is 4.87. The molecule has 0 saturated carbocycles. The first-order chi connectivity index (χ1) is 9.77. The van der Waals surface area contributed by atoms with E-state index in [1.807, 2.05) is 61.5 Å². The summed E-state index contributed by atoms with van der Waals surface area (Å²) >= 11 is 0. The molecule has 0 fully saturated rings. The van der Waals surface area contributed by atoms with E-state index in [1.165, 1.54) is 0 Å². The molecule has 0 saturated heterocycles. The molecule has 0 aliphatic carbocycles. The van der Waals surface area contributed by atoms with Gasteiger partial charge in [-0.1, -0.05) is 30.3 Å². The van der Waals surface area contributed by atoms with Crippen molar-refractivity contribution in [1.82, 2.24) is 9.78 Å². The first-order valence-electron chi connectivity index (χ1n) is 6.39. The second-order valence-electron chi connectivity index (χ2n) is 4.50. The molecule has 1 aromatic heterocycles. The van der Waals surface area contributed by atoms with Gasteiger partial charge in [0.05, 0.1) is 11.8 Å². The zero-order chi connectivity index (χ0) is 13.9. The van der Waals surface area contributed by atoms with Crippen LogP contribution in [0.5, 0.6) is 0 Å². The van der Waals surface area contributed by atoms with E-state index in [0.29, 0.717) is 11.1 Å². The topological polar surface area (TPSA) is 34.9 Å². The summed E-state index contributed by atoms with van der Waals surface area (Å²) < 4.78 is 1.73. The Labute approximate surface area is 137 Å². The zero-order valence-electron chi connectivity index (χ0n) is 11.4. The second-order valence-corrected chi connectivity index (χ2v) is 4.50. The molecule has 0 spiro atoms. The van der Waals surface area contributed by atoms with Crippen LogP contribution >= 0.6 is 0 Å². The Morgan fingerprint density at radius 3 is 2.48 bits per heavy atom. The summed E-state index contributed by atoms with van der Waals surface area (Å²) in [6, 6.07) is 19.9. The number of rotatable bonds is 3. The van der Waals surface area contributed by atoms with E-state index >= 15 is 0 Å². The molecular formula is C17H13N2OPt-. The fourth-order valence-electron chi connectivity index (χ4n) is 2.14. The summed E-state index contributed by atoms with van der Waals surface area (Å²) in [5, 5.41) is 4.30. The van der Waals surface area contributed by atoms with E-state index in [0.717, 1.165) is 11.4 Å². The van der Waals surface area contributed by atoms with Crippen LogP contribution in [-0.4, -0.2) is 15.6 Å². The van der Waals surface area contributed by atoms with Gasteiger partial charge in [-0.05, 0) is 12.6 Å². The van der Waals surface area contributed by atoms with Crippen LogP contribution in [0.15, 0.2) is 60.8 Å². The Morgan fingerprint density at radius 1 is 1.10 bits per heavy atom. The minimum absolute atomic E-state index is 0. The van der Waals surface area contributed by atoms with Crippen molar-refractivity contribution in [3.05, 3.63) is 83.7 Å². The molecule has 108 valence electrons. The van der Waals surface area contributed by atoms with Crippen LogP contribution < -0.4 is 0 Å². The molecule has 21 heavy (non-hydrogen) atoms. The van der Waals surface area contributed by atoms with Gasteiger partial charge >= 0.3 is 0 Å². The standard InChI is InChI=1S/C17H13N2O.Pt/c1-13-16(17(20)14-8-4-2-5-9-14)12-18-19(13)15-10-6-3-7-11-15;/h2-10,12H,1H3;/q-1;. The number of carbonyl (C=O) groups excluding carboxylic acids is 1. The van der Waals surface area contributed by atoms with Gasteiger partial charge in [0.1, 0.15) is 0 Å². The largest absolute Gasteiger partial charge is 0.288 e. The van der Waals surface area contributed by atoms with Crippen LogP contribution in [0.1, 0.15) is 21.6 Å². The molecule has 0 aliphatic rings. The predicted molar refractivity (Wildman–Crippen MR) is 77.0 cm³/mol. The van der Waals surface area contributed by atoms with E-state index in [4.69, 9.17) is 0 Å². The molecule has 0 N–H and O–H groups in total. The third kappa shape index (κ3) is 3.03. The average molecular weight is 456 g/mol. The number of ketones is 1. The molecule has 1 heterocycles. The summed E-state index contributed by atoms with van der Waals surface area (Å²) in [4.78, 5) is 12.4. The Balaban J connectivity index is 0.00000161. The number of hydrogen-bond acceptors (Lipinski definition) is 2. The zero-order valence-corrected chi connectivity index (χ0v) is 13.7. The van der Waals surface area contributed by atoms with Crippen LogP contribution in [0, 0.1) is 13.0 Å². The van der Waals surface area contributed by atoms with Crippen molar-refractivity contribution in [3.8, 4) is 5.69 Å². The summed E-state index contributed by atoms with van der Waals surface area (Å²) in [7, 11) is 0. The number of para-hydroxylation sites is 1. The molecular weight excluding hydrogens is 443 g/mol. The third-order valence-corrected chi connectivity index (χ3v) is 3.21. The molecule has 0 bridgehead atoms. The number of benzene rings is 2. The van der Waals surface area contributed by atoms with E-state index in [1.54, 1.807) is 10.9 Å². The Bertz CT molecular complexity index is 736. The van der Waals surface area contributed by atoms with Crippen molar-refractivity contribution < 1.29 is 25.9 Å². The first-order valence-corrected chi connectivity index (χ1v) is 6.39. The monoisotopic (exact) mass is 456 g/mol. The van der Waals surface area contributed by atoms with Crippen molar-refractivity contribution >= 4 is 5.78 Å². The molecule has 0 radical (unpaired) electrons. The minimum Gasteiger partial charge on any atom is -0.288 e. The summed E-state index contributed by atoms with van der Waals surface area (Å²) in [5.41, 5.74) is 2.94. The maximum absolute atomic E-state index is 12.4. The molecule has 0 amide bonds. The van der Waals surface area contributed by atoms with Gasteiger partial charge in [0.25, 0.3) is 0 Å². The number of carbonyl (C=O) groups is 1. The van der Waals surface area contributed by atoms with E-state index in [9.17, 15) is 4.79 Å². The second kappa shape index (κ2) is 6.64. The summed E-state index contributed by atoms with van der Waals surface area (Å²) in [6.45, 7) is 1.89. The van der Waals surface area contributed by atoms with Crippen LogP contribution in [0.25, 0.3) is 5.69 Å². The van der Waals surface area contributed by atoms with Crippen LogP contribution in [0.4, 0.5) is 0 Å². The van der Waals surface area contributed by atoms with Crippen molar-refractivity contribution in [3.63, 3.8) is 0 Å². The molecule has 0 unspecified atom stereocenters. The fourth-order valence-corrected chi connectivity index (χ4v) is 2.14. The SMILES string of the molecule is Cc1c(C(=O)c2ccccc2)cnn1-c1[c-]cccc1.[Pt]. The minimum atomic E-state index is -0.00900. The molecule has 0 aliphatic heterocycles. The van der Waals surface area contributed by atoms with Gasteiger partial charge in [0, 0.05) is 32.3 Å². The van der Waals surface area contributed by atoms with Crippen molar-refractivity contribution in [2.75, 3.05) is 0 Å². The van der Waals surface area contributed by atoms with Crippen molar-refractivity contribution in [2.24, 2.45) is 0 Å². The molecule has 3 rings (SSSR count). The Morgan fingerprint density at radius 2 is 1.81 bits per heavy atom. The average Bonchev–Trinajstić information content (AvgIpc) is 2.90. The maximum atomic E-state index is 12.4. The van der Waals surface area contributed by atoms with Crippen LogP contribution in [0.3, 0.4) is 0 Å². The quantitative estimate of drug-likeness (QED) is 0.448. The number of aromatic nitrogens is 2. The number of hydrogen-bond donors (Lipinski definition) is 0. The molecule has 4 heteroatoms.